The number of rotatable bonds is 5. The molecule has 6 heteroatoms. The fourth-order valence-electron chi connectivity index (χ4n) is 4.92. The quantitative estimate of drug-likeness (QED) is 0.607. The van der Waals surface area contributed by atoms with Gasteiger partial charge in [-0.1, -0.05) is 18.2 Å². The fraction of sp³-hybridized carbons (Fsp3) is 0.385. The highest BCUT2D eigenvalue weighted by atomic mass is 16.5. The summed E-state index contributed by atoms with van der Waals surface area (Å²) in [6.45, 7) is 4.03. The van der Waals surface area contributed by atoms with E-state index in [4.69, 9.17) is 9.84 Å². The van der Waals surface area contributed by atoms with Crippen LogP contribution in [0.2, 0.25) is 0 Å². The third-order valence-corrected chi connectivity index (χ3v) is 6.72. The van der Waals surface area contributed by atoms with Crippen LogP contribution in [0.5, 0.6) is 5.75 Å². The molecule has 0 spiro atoms. The molecule has 0 aliphatic carbocycles. The first-order valence-corrected chi connectivity index (χ1v) is 11.6. The zero-order valence-corrected chi connectivity index (χ0v) is 18.6. The molecule has 0 unspecified atom stereocenters. The summed E-state index contributed by atoms with van der Waals surface area (Å²) in [5.74, 6) is 0.825. The third-order valence-electron chi connectivity index (χ3n) is 6.72. The van der Waals surface area contributed by atoms with Crippen molar-refractivity contribution in [2.24, 2.45) is 0 Å². The number of carbonyl (C=O) groups is 1. The lowest BCUT2D eigenvalue weighted by Crippen LogP contribution is -2.46. The predicted octanol–water partition coefficient (Wildman–Crippen LogP) is 4.25. The average molecular weight is 431 g/mol. The Morgan fingerprint density at radius 2 is 1.62 bits per heavy atom. The van der Waals surface area contributed by atoms with Gasteiger partial charge in [-0.25, -0.2) is 4.68 Å². The summed E-state index contributed by atoms with van der Waals surface area (Å²) in [6.07, 6.45) is 4.72. The molecule has 0 N–H and O–H groups in total. The fourth-order valence-corrected chi connectivity index (χ4v) is 4.92. The Labute approximate surface area is 189 Å². The second-order valence-corrected chi connectivity index (χ2v) is 8.66. The largest absolute Gasteiger partial charge is 0.497 e. The molecule has 2 aliphatic rings. The number of likely N-dealkylation sites (tertiary alicyclic amines) is 2. The maximum atomic E-state index is 13.4. The van der Waals surface area contributed by atoms with Crippen molar-refractivity contribution in [3.8, 4) is 22.7 Å². The van der Waals surface area contributed by atoms with Gasteiger partial charge in [-0.3, -0.25) is 4.79 Å². The molecule has 2 aliphatic heterocycles. The van der Waals surface area contributed by atoms with E-state index in [1.165, 1.54) is 25.9 Å². The van der Waals surface area contributed by atoms with Crippen LogP contribution in [0.3, 0.4) is 0 Å². The van der Waals surface area contributed by atoms with E-state index >= 15 is 0 Å². The smallest absolute Gasteiger partial charge is 0.274 e. The van der Waals surface area contributed by atoms with Crippen molar-refractivity contribution < 1.29 is 9.53 Å². The molecule has 6 nitrogen and oxygen atoms in total. The van der Waals surface area contributed by atoms with Crippen molar-refractivity contribution in [2.75, 3.05) is 33.3 Å². The Hall–Kier alpha value is -3.12. The van der Waals surface area contributed by atoms with Crippen LogP contribution < -0.4 is 4.74 Å². The number of carbonyl (C=O) groups excluding carboxylic acids is 1. The Bertz CT molecular complexity index is 1050. The number of piperidine rings is 1. The average Bonchev–Trinajstić information content (AvgIpc) is 3.55. The SMILES string of the molecule is COc1ccc(-c2cc(C(=O)N3CCC(N4CCCC4)CC3)nn2-c2ccccc2)cc1. The van der Waals surface area contributed by atoms with Gasteiger partial charge in [0.1, 0.15) is 5.75 Å². The Morgan fingerprint density at radius 3 is 2.28 bits per heavy atom. The molecular weight excluding hydrogens is 400 g/mol. The third kappa shape index (κ3) is 4.15. The van der Waals surface area contributed by atoms with Gasteiger partial charge < -0.3 is 14.5 Å². The minimum Gasteiger partial charge on any atom is -0.497 e. The first-order chi connectivity index (χ1) is 15.7. The normalized spacial score (nSPS) is 17.6. The summed E-state index contributed by atoms with van der Waals surface area (Å²) in [7, 11) is 1.66. The number of nitrogens with zero attached hydrogens (tertiary/aromatic N) is 4. The molecule has 0 saturated carbocycles. The first kappa shape index (κ1) is 20.8. The molecule has 1 amide bonds. The van der Waals surface area contributed by atoms with E-state index in [1.807, 2.05) is 70.2 Å². The minimum absolute atomic E-state index is 0.0225. The van der Waals surface area contributed by atoms with Crippen LogP contribution in [0.4, 0.5) is 0 Å². The van der Waals surface area contributed by atoms with E-state index in [1.54, 1.807) is 7.11 Å². The molecule has 0 atom stereocenters. The van der Waals surface area contributed by atoms with Gasteiger partial charge in [0.25, 0.3) is 5.91 Å². The lowest BCUT2D eigenvalue weighted by molar-refractivity contribution is 0.0638. The number of hydrogen-bond donors (Lipinski definition) is 0. The van der Waals surface area contributed by atoms with Gasteiger partial charge in [-0.05, 0) is 81.2 Å². The van der Waals surface area contributed by atoms with Crippen LogP contribution in [-0.2, 0) is 0 Å². The van der Waals surface area contributed by atoms with Crippen molar-refractivity contribution in [3.05, 3.63) is 66.4 Å². The van der Waals surface area contributed by atoms with Crippen molar-refractivity contribution in [1.82, 2.24) is 19.6 Å². The van der Waals surface area contributed by atoms with E-state index in [9.17, 15) is 4.79 Å². The van der Waals surface area contributed by atoms with Crippen LogP contribution in [0, 0.1) is 0 Å². The van der Waals surface area contributed by atoms with Crippen LogP contribution in [-0.4, -0.2) is 64.8 Å². The van der Waals surface area contributed by atoms with Gasteiger partial charge in [-0.15, -0.1) is 0 Å². The maximum absolute atomic E-state index is 13.4. The first-order valence-electron chi connectivity index (χ1n) is 11.6. The van der Waals surface area contributed by atoms with Crippen molar-refractivity contribution in [2.45, 2.75) is 31.7 Å². The molecule has 32 heavy (non-hydrogen) atoms. The summed E-state index contributed by atoms with van der Waals surface area (Å²) >= 11 is 0. The lowest BCUT2D eigenvalue weighted by Gasteiger charge is -2.36. The molecule has 2 aromatic carbocycles. The summed E-state index contributed by atoms with van der Waals surface area (Å²) in [6, 6.07) is 20.4. The number of methoxy groups -OCH3 is 1. The van der Waals surface area contributed by atoms with Crippen molar-refractivity contribution in [3.63, 3.8) is 0 Å². The summed E-state index contributed by atoms with van der Waals surface area (Å²) in [5, 5.41) is 4.75. The second kappa shape index (κ2) is 9.17. The van der Waals surface area contributed by atoms with Gasteiger partial charge in [0, 0.05) is 24.7 Å². The van der Waals surface area contributed by atoms with E-state index in [2.05, 4.69) is 4.90 Å². The molecule has 0 bridgehead atoms. The van der Waals surface area contributed by atoms with Gasteiger partial charge in [-0.2, -0.15) is 5.10 Å². The molecule has 5 rings (SSSR count). The summed E-state index contributed by atoms with van der Waals surface area (Å²) in [5.41, 5.74) is 3.33. The maximum Gasteiger partial charge on any atom is 0.274 e. The number of hydrogen-bond acceptors (Lipinski definition) is 4. The van der Waals surface area contributed by atoms with Crippen LogP contribution in [0.25, 0.3) is 16.9 Å². The molecule has 2 saturated heterocycles. The van der Waals surface area contributed by atoms with Gasteiger partial charge in [0.05, 0.1) is 18.5 Å². The zero-order valence-electron chi connectivity index (χ0n) is 18.6. The number of ether oxygens (including phenoxy) is 1. The summed E-state index contributed by atoms with van der Waals surface area (Å²) < 4.78 is 7.17. The Kier molecular flexibility index (Phi) is 5.95. The highest BCUT2D eigenvalue weighted by Crippen LogP contribution is 2.28. The van der Waals surface area contributed by atoms with Gasteiger partial charge in [0.2, 0.25) is 0 Å². The topological polar surface area (TPSA) is 50.6 Å². The number of amides is 1. The van der Waals surface area contributed by atoms with Crippen molar-refractivity contribution in [1.29, 1.82) is 0 Å². The number of benzene rings is 2. The Morgan fingerprint density at radius 1 is 0.938 bits per heavy atom. The second-order valence-electron chi connectivity index (χ2n) is 8.66. The van der Waals surface area contributed by atoms with Crippen LogP contribution >= 0.6 is 0 Å². The highest BCUT2D eigenvalue weighted by molar-refractivity contribution is 5.93. The van der Waals surface area contributed by atoms with E-state index in [-0.39, 0.29) is 5.91 Å². The molecule has 2 fully saturated rings. The van der Waals surface area contributed by atoms with E-state index in [0.29, 0.717) is 11.7 Å². The number of aromatic nitrogens is 2. The van der Waals surface area contributed by atoms with Gasteiger partial charge in [0.15, 0.2) is 5.69 Å². The molecule has 3 aromatic rings. The van der Waals surface area contributed by atoms with Crippen molar-refractivity contribution >= 4 is 5.91 Å². The van der Waals surface area contributed by atoms with Crippen LogP contribution in [0.1, 0.15) is 36.2 Å². The minimum atomic E-state index is 0.0225. The Balaban J connectivity index is 1.40. The number of para-hydroxylation sites is 1. The van der Waals surface area contributed by atoms with Crippen LogP contribution in [0.15, 0.2) is 60.7 Å². The predicted molar refractivity (Wildman–Crippen MR) is 125 cm³/mol. The highest BCUT2D eigenvalue weighted by Gasteiger charge is 2.30. The standard InChI is InChI=1S/C26H30N4O2/c1-32-23-11-9-20(10-12-23)25-19-24(27-30(25)22-7-3-2-4-8-22)26(31)29-17-13-21(14-18-29)28-15-5-6-16-28/h2-4,7-12,19,21H,5-6,13-18H2,1H3. The molecule has 0 radical (unpaired) electrons. The summed E-state index contributed by atoms with van der Waals surface area (Å²) in [4.78, 5) is 18.0. The van der Waals surface area contributed by atoms with E-state index < -0.39 is 0 Å². The lowest BCUT2D eigenvalue weighted by atomic mass is 10.0. The van der Waals surface area contributed by atoms with Gasteiger partial charge >= 0.3 is 0 Å². The molecule has 166 valence electrons. The monoisotopic (exact) mass is 430 g/mol. The zero-order chi connectivity index (χ0) is 21.9. The van der Waals surface area contributed by atoms with E-state index in [0.717, 1.165) is 48.6 Å². The molecule has 1 aromatic heterocycles. The molecular formula is C26H30N4O2. The molecule has 3 heterocycles.